The van der Waals surface area contributed by atoms with Gasteiger partial charge in [0.25, 0.3) is 0 Å². The van der Waals surface area contributed by atoms with Crippen LogP contribution in [0, 0.1) is 11.6 Å². The standard InChI is InChI=1S/C15H17F2N3/c1-18-8-12-6-13(16)15(14(17)7-12)20(2)10-11-4-3-5-19-9-11/h3-7,9,18H,8,10H2,1-2H3. The maximum absolute atomic E-state index is 14.1. The first-order valence-corrected chi connectivity index (χ1v) is 6.34. The molecule has 0 amide bonds. The van der Waals surface area contributed by atoms with Crippen LogP contribution in [0.1, 0.15) is 11.1 Å². The van der Waals surface area contributed by atoms with Gasteiger partial charge in [0.05, 0.1) is 0 Å². The van der Waals surface area contributed by atoms with Crippen molar-refractivity contribution < 1.29 is 8.78 Å². The Hall–Kier alpha value is -2.01. The van der Waals surface area contributed by atoms with E-state index in [0.717, 1.165) is 5.56 Å². The van der Waals surface area contributed by atoms with Crippen molar-refractivity contribution in [2.75, 3.05) is 19.0 Å². The quantitative estimate of drug-likeness (QED) is 0.911. The van der Waals surface area contributed by atoms with E-state index in [1.54, 1.807) is 37.5 Å². The molecule has 0 radical (unpaired) electrons. The van der Waals surface area contributed by atoms with Gasteiger partial charge >= 0.3 is 0 Å². The molecule has 0 bridgehead atoms. The summed E-state index contributed by atoms with van der Waals surface area (Å²) in [5, 5.41) is 2.87. The van der Waals surface area contributed by atoms with Gasteiger partial charge in [0.1, 0.15) is 17.3 Å². The van der Waals surface area contributed by atoms with Gasteiger partial charge in [-0.1, -0.05) is 6.07 Å². The molecule has 0 spiro atoms. The molecule has 0 fully saturated rings. The molecule has 0 atom stereocenters. The first-order chi connectivity index (χ1) is 9.61. The lowest BCUT2D eigenvalue weighted by Gasteiger charge is -2.21. The molecule has 3 nitrogen and oxygen atoms in total. The van der Waals surface area contributed by atoms with Crippen molar-refractivity contribution in [1.82, 2.24) is 10.3 Å². The maximum Gasteiger partial charge on any atom is 0.149 e. The summed E-state index contributed by atoms with van der Waals surface area (Å²) in [5.41, 5.74) is 1.46. The van der Waals surface area contributed by atoms with Crippen LogP contribution in [0.4, 0.5) is 14.5 Å². The molecule has 106 valence electrons. The van der Waals surface area contributed by atoms with Gasteiger partial charge in [-0.25, -0.2) is 8.78 Å². The molecule has 20 heavy (non-hydrogen) atoms. The van der Waals surface area contributed by atoms with E-state index in [1.165, 1.54) is 12.1 Å². The largest absolute Gasteiger partial charge is 0.365 e. The monoisotopic (exact) mass is 277 g/mol. The summed E-state index contributed by atoms with van der Waals surface area (Å²) in [6, 6.07) is 6.38. The highest BCUT2D eigenvalue weighted by Crippen LogP contribution is 2.25. The number of hydrogen-bond acceptors (Lipinski definition) is 3. The third-order valence-electron chi connectivity index (χ3n) is 2.98. The molecule has 1 N–H and O–H groups in total. The van der Waals surface area contributed by atoms with Crippen molar-refractivity contribution in [3.05, 3.63) is 59.4 Å². The van der Waals surface area contributed by atoms with E-state index in [-0.39, 0.29) is 5.69 Å². The normalized spacial score (nSPS) is 10.6. The molecule has 1 heterocycles. The zero-order valence-corrected chi connectivity index (χ0v) is 11.5. The van der Waals surface area contributed by atoms with Gasteiger partial charge in [-0.15, -0.1) is 0 Å². The van der Waals surface area contributed by atoms with E-state index in [1.807, 2.05) is 6.07 Å². The Balaban J connectivity index is 2.23. The second-order valence-corrected chi connectivity index (χ2v) is 4.66. The van der Waals surface area contributed by atoms with Crippen LogP contribution in [0.15, 0.2) is 36.7 Å². The highest BCUT2D eigenvalue weighted by Gasteiger charge is 2.15. The zero-order chi connectivity index (χ0) is 14.5. The topological polar surface area (TPSA) is 28.2 Å². The van der Waals surface area contributed by atoms with E-state index >= 15 is 0 Å². The minimum absolute atomic E-state index is 0.0197. The lowest BCUT2D eigenvalue weighted by Crippen LogP contribution is -2.20. The molecule has 0 aliphatic rings. The summed E-state index contributed by atoms with van der Waals surface area (Å²) in [5.74, 6) is -1.11. The number of anilines is 1. The van der Waals surface area contributed by atoms with Gasteiger partial charge in [0, 0.05) is 32.5 Å². The van der Waals surface area contributed by atoms with Gasteiger partial charge in [0.15, 0.2) is 0 Å². The average Bonchev–Trinajstić information content (AvgIpc) is 2.39. The number of hydrogen-bond donors (Lipinski definition) is 1. The molecular formula is C15H17F2N3. The van der Waals surface area contributed by atoms with Crippen LogP contribution in [-0.4, -0.2) is 19.1 Å². The molecule has 2 aromatic rings. The lowest BCUT2D eigenvalue weighted by molar-refractivity contribution is 0.571. The zero-order valence-electron chi connectivity index (χ0n) is 11.5. The van der Waals surface area contributed by atoms with Gasteiger partial charge < -0.3 is 10.2 Å². The molecule has 1 aromatic carbocycles. The second kappa shape index (κ2) is 6.43. The van der Waals surface area contributed by atoms with E-state index in [4.69, 9.17) is 0 Å². The highest BCUT2D eigenvalue weighted by molar-refractivity contribution is 5.50. The Morgan fingerprint density at radius 3 is 2.45 bits per heavy atom. The molecular weight excluding hydrogens is 260 g/mol. The Morgan fingerprint density at radius 1 is 1.20 bits per heavy atom. The number of halogens is 2. The van der Waals surface area contributed by atoms with Gasteiger partial charge in [-0.05, 0) is 36.4 Å². The number of pyridine rings is 1. The highest BCUT2D eigenvalue weighted by atomic mass is 19.1. The molecule has 0 aliphatic carbocycles. The number of nitrogens with zero attached hydrogens (tertiary/aromatic N) is 2. The predicted octanol–water partition coefficient (Wildman–Crippen LogP) is 2.72. The fourth-order valence-electron chi connectivity index (χ4n) is 2.13. The predicted molar refractivity (Wildman–Crippen MR) is 75.5 cm³/mol. The number of aromatic nitrogens is 1. The summed E-state index contributed by atoms with van der Waals surface area (Å²) in [4.78, 5) is 5.54. The van der Waals surface area contributed by atoms with Crippen molar-refractivity contribution >= 4 is 5.69 Å². The van der Waals surface area contributed by atoms with Crippen molar-refractivity contribution in [2.45, 2.75) is 13.1 Å². The fraction of sp³-hybridized carbons (Fsp3) is 0.267. The van der Waals surface area contributed by atoms with Crippen molar-refractivity contribution in [2.24, 2.45) is 0 Å². The fourth-order valence-corrected chi connectivity index (χ4v) is 2.13. The van der Waals surface area contributed by atoms with Gasteiger partial charge in [-0.3, -0.25) is 4.98 Å². The molecule has 2 rings (SSSR count). The van der Waals surface area contributed by atoms with Crippen LogP contribution in [0.25, 0.3) is 0 Å². The summed E-state index contributed by atoms with van der Waals surface area (Å²) < 4.78 is 28.1. The lowest BCUT2D eigenvalue weighted by atomic mass is 10.1. The van der Waals surface area contributed by atoms with Gasteiger partial charge in [0.2, 0.25) is 0 Å². The summed E-state index contributed by atoms with van der Waals surface area (Å²) in [6.07, 6.45) is 3.35. The SMILES string of the molecule is CNCc1cc(F)c(N(C)Cc2cccnc2)c(F)c1. The Kier molecular flexibility index (Phi) is 4.63. The maximum atomic E-state index is 14.1. The number of nitrogens with one attached hydrogen (secondary N) is 1. The molecule has 0 saturated carbocycles. The van der Waals surface area contributed by atoms with Crippen LogP contribution < -0.4 is 10.2 Å². The van der Waals surface area contributed by atoms with E-state index in [2.05, 4.69) is 10.3 Å². The van der Waals surface area contributed by atoms with Gasteiger partial charge in [-0.2, -0.15) is 0 Å². The molecule has 0 aliphatic heterocycles. The summed E-state index contributed by atoms with van der Waals surface area (Å²) >= 11 is 0. The summed E-state index contributed by atoms with van der Waals surface area (Å²) in [7, 11) is 3.39. The van der Waals surface area contributed by atoms with Crippen molar-refractivity contribution in [1.29, 1.82) is 0 Å². The Morgan fingerprint density at radius 2 is 1.90 bits per heavy atom. The third-order valence-corrected chi connectivity index (χ3v) is 2.98. The van der Waals surface area contributed by atoms with Crippen LogP contribution in [0.3, 0.4) is 0 Å². The Bertz CT molecular complexity index is 550. The van der Waals surface area contributed by atoms with Crippen molar-refractivity contribution in [3.8, 4) is 0 Å². The number of rotatable bonds is 5. The van der Waals surface area contributed by atoms with Crippen LogP contribution in [-0.2, 0) is 13.1 Å². The average molecular weight is 277 g/mol. The second-order valence-electron chi connectivity index (χ2n) is 4.66. The first kappa shape index (κ1) is 14.4. The smallest absolute Gasteiger partial charge is 0.149 e. The third kappa shape index (κ3) is 3.30. The van der Waals surface area contributed by atoms with Crippen LogP contribution in [0.2, 0.25) is 0 Å². The van der Waals surface area contributed by atoms with Crippen LogP contribution >= 0.6 is 0 Å². The van der Waals surface area contributed by atoms with E-state index < -0.39 is 11.6 Å². The van der Waals surface area contributed by atoms with E-state index in [0.29, 0.717) is 18.7 Å². The molecule has 0 unspecified atom stereocenters. The van der Waals surface area contributed by atoms with Crippen molar-refractivity contribution in [3.63, 3.8) is 0 Å². The minimum Gasteiger partial charge on any atom is -0.365 e. The Labute approximate surface area is 117 Å². The summed E-state index contributed by atoms with van der Waals surface area (Å²) in [6.45, 7) is 0.827. The molecule has 0 saturated heterocycles. The van der Waals surface area contributed by atoms with E-state index in [9.17, 15) is 8.78 Å². The molecule has 1 aromatic heterocycles. The molecule has 5 heteroatoms. The number of benzene rings is 1. The van der Waals surface area contributed by atoms with Crippen LogP contribution in [0.5, 0.6) is 0 Å². The minimum atomic E-state index is -0.554. The first-order valence-electron chi connectivity index (χ1n) is 6.34.